The summed E-state index contributed by atoms with van der Waals surface area (Å²) in [4.78, 5) is 0. The average molecular weight is 286 g/mol. The summed E-state index contributed by atoms with van der Waals surface area (Å²) in [5.41, 5.74) is 0. The minimum absolute atomic E-state index is 0.956. The Hall–Kier alpha value is -0.0300. The van der Waals surface area contributed by atoms with Crippen LogP contribution < -0.4 is 0 Å². The van der Waals surface area contributed by atoms with E-state index in [9.17, 15) is 4.57 Å². The third-order valence-electron chi connectivity index (χ3n) is 3.81. The third kappa shape index (κ3) is 11.5. The van der Waals surface area contributed by atoms with E-state index < -0.39 is 7.14 Å². The van der Waals surface area contributed by atoms with Crippen LogP contribution in [0.1, 0.15) is 78.1 Å². The Balaban J connectivity index is 4.03. The van der Waals surface area contributed by atoms with E-state index in [-0.39, 0.29) is 0 Å². The standard InChI is InChI=1S/C17H35OP/c1-4-7-10-13-16-19(18,15-12-9-6-3)17-14-11-8-5-2/h6H,3-5,7-17H2,1-2H3. The Morgan fingerprint density at radius 1 is 0.789 bits per heavy atom. The number of hydrogen-bond acceptors (Lipinski definition) is 1. The molecular formula is C17H35OP. The maximum atomic E-state index is 13.0. The lowest BCUT2D eigenvalue weighted by Gasteiger charge is -2.18. The van der Waals surface area contributed by atoms with Gasteiger partial charge < -0.3 is 4.57 Å². The highest BCUT2D eigenvalue weighted by molar-refractivity contribution is 7.63. The molecule has 19 heavy (non-hydrogen) atoms. The van der Waals surface area contributed by atoms with Crippen LogP contribution in [0.25, 0.3) is 0 Å². The molecule has 0 bridgehead atoms. The molecule has 0 unspecified atom stereocenters. The van der Waals surface area contributed by atoms with Gasteiger partial charge in [-0.15, -0.1) is 6.58 Å². The van der Waals surface area contributed by atoms with Crippen LogP contribution in [-0.2, 0) is 4.57 Å². The van der Waals surface area contributed by atoms with E-state index in [0.717, 1.165) is 31.3 Å². The molecule has 0 aliphatic heterocycles. The molecule has 0 spiro atoms. The van der Waals surface area contributed by atoms with Gasteiger partial charge in [0, 0.05) is 18.5 Å². The molecule has 0 atom stereocenters. The van der Waals surface area contributed by atoms with E-state index in [1.165, 1.54) is 51.4 Å². The molecule has 0 saturated heterocycles. The van der Waals surface area contributed by atoms with Crippen LogP contribution in [0.2, 0.25) is 0 Å². The van der Waals surface area contributed by atoms with Gasteiger partial charge in [0.15, 0.2) is 0 Å². The van der Waals surface area contributed by atoms with Crippen molar-refractivity contribution in [3.8, 4) is 0 Å². The molecule has 114 valence electrons. The molecule has 0 rings (SSSR count). The molecule has 0 saturated carbocycles. The van der Waals surface area contributed by atoms with Gasteiger partial charge in [-0.3, -0.25) is 0 Å². The molecule has 2 heteroatoms. The first kappa shape index (κ1) is 19.0. The van der Waals surface area contributed by atoms with Crippen molar-refractivity contribution in [3.05, 3.63) is 12.7 Å². The Morgan fingerprint density at radius 2 is 1.26 bits per heavy atom. The predicted molar refractivity (Wildman–Crippen MR) is 89.9 cm³/mol. The van der Waals surface area contributed by atoms with Crippen molar-refractivity contribution in [2.75, 3.05) is 18.5 Å². The van der Waals surface area contributed by atoms with Gasteiger partial charge in [-0.25, -0.2) is 0 Å². The Labute approximate surface area is 121 Å². The van der Waals surface area contributed by atoms with Crippen molar-refractivity contribution >= 4 is 7.14 Å². The van der Waals surface area contributed by atoms with E-state index in [1.807, 2.05) is 6.08 Å². The molecule has 0 fully saturated rings. The molecule has 0 aromatic heterocycles. The van der Waals surface area contributed by atoms with Crippen LogP contribution in [0.3, 0.4) is 0 Å². The molecule has 0 radical (unpaired) electrons. The molecular weight excluding hydrogens is 251 g/mol. The van der Waals surface area contributed by atoms with Gasteiger partial charge in [-0.1, -0.05) is 58.4 Å². The van der Waals surface area contributed by atoms with Crippen LogP contribution >= 0.6 is 7.14 Å². The second-order valence-corrected chi connectivity index (χ2v) is 9.24. The van der Waals surface area contributed by atoms with Crippen LogP contribution in [0.4, 0.5) is 0 Å². The van der Waals surface area contributed by atoms with E-state index in [4.69, 9.17) is 0 Å². The molecule has 0 aromatic rings. The van der Waals surface area contributed by atoms with Gasteiger partial charge in [0.2, 0.25) is 0 Å². The summed E-state index contributed by atoms with van der Waals surface area (Å²) in [5.74, 6) is 0. The SMILES string of the molecule is C=CCCCP(=O)(CCCCCC)CCCCCC. The fourth-order valence-electron chi connectivity index (χ4n) is 2.51. The maximum Gasteiger partial charge on any atom is 0.0877 e. The fraction of sp³-hybridized carbons (Fsp3) is 0.882. The zero-order valence-electron chi connectivity index (χ0n) is 13.3. The van der Waals surface area contributed by atoms with Gasteiger partial charge in [0.1, 0.15) is 0 Å². The smallest absolute Gasteiger partial charge is 0.0877 e. The topological polar surface area (TPSA) is 17.1 Å². The van der Waals surface area contributed by atoms with E-state index in [1.54, 1.807) is 0 Å². The summed E-state index contributed by atoms with van der Waals surface area (Å²) in [5, 5.41) is 0. The maximum absolute atomic E-state index is 13.0. The van der Waals surface area contributed by atoms with Gasteiger partial charge in [-0.05, 0) is 25.7 Å². The molecule has 0 aliphatic carbocycles. The second kappa shape index (κ2) is 13.0. The molecule has 0 aromatic carbocycles. The van der Waals surface area contributed by atoms with Crippen LogP contribution in [0.5, 0.6) is 0 Å². The largest absolute Gasteiger partial charge is 0.324 e. The van der Waals surface area contributed by atoms with E-state index in [0.29, 0.717) is 0 Å². The van der Waals surface area contributed by atoms with Gasteiger partial charge in [0.05, 0.1) is 7.14 Å². The first-order valence-corrected chi connectivity index (χ1v) is 10.6. The number of unbranched alkanes of at least 4 members (excludes halogenated alkanes) is 7. The first-order valence-electron chi connectivity index (χ1n) is 8.36. The normalized spacial score (nSPS) is 11.7. The lowest BCUT2D eigenvalue weighted by Crippen LogP contribution is -2.01. The predicted octanol–water partition coefficient (Wildman–Crippen LogP) is 6.48. The molecule has 0 aliphatic rings. The van der Waals surface area contributed by atoms with Crippen molar-refractivity contribution in [2.24, 2.45) is 0 Å². The summed E-state index contributed by atoms with van der Waals surface area (Å²) in [7, 11) is -1.88. The lowest BCUT2D eigenvalue weighted by molar-refractivity contribution is 0.563. The number of rotatable bonds is 14. The highest BCUT2D eigenvalue weighted by Crippen LogP contribution is 2.48. The summed E-state index contributed by atoms with van der Waals surface area (Å²) in [6, 6.07) is 0. The van der Waals surface area contributed by atoms with Gasteiger partial charge in [-0.2, -0.15) is 0 Å². The monoisotopic (exact) mass is 286 g/mol. The highest BCUT2D eigenvalue weighted by Gasteiger charge is 2.20. The summed E-state index contributed by atoms with van der Waals surface area (Å²) in [6.07, 6.45) is 17.0. The molecule has 0 amide bonds. The van der Waals surface area contributed by atoms with Gasteiger partial charge >= 0.3 is 0 Å². The Morgan fingerprint density at radius 3 is 1.68 bits per heavy atom. The zero-order valence-corrected chi connectivity index (χ0v) is 14.2. The summed E-state index contributed by atoms with van der Waals surface area (Å²) >= 11 is 0. The minimum atomic E-state index is -1.88. The Kier molecular flexibility index (Phi) is 13.0. The van der Waals surface area contributed by atoms with Crippen LogP contribution in [0.15, 0.2) is 12.7 Å². The van der Waals surface area contributed by atoms with Crippen molar-refractivity contribution < 1.29 is 4.57 Å². The van der Waals surface area contributed by atoms with Crippen LogP contribution in [0, 0.1) is 0 Å². The first-order chi connectivity index (χ1) is 9.18. The quantitative estimate of drug-likeness (QED) is 0.203. The van der Waals surface area contributed by atoms with Crippen molar-refractivity contribution in [1.29, 1.82) is 0 Å². The molecule has 0 N–H and O–H groups in total. The lowest BCUT2D eigenvalue weighted by atomic mass is 10.2. The molecule has 0 heterocycles. The third-order valence-corrected chi connectivity index (χ3v) is 7.21. The van der Waals surface area contributed by atoms with Crippen molar-refractivity contribution in [2.45, 2.75) is 78.1 Å². The van der Waals surface area contributed by atoms with Crippen molar-refractivity contribution in [1.82, 2.24) is 0 Å². The van der Waals surface area contributed by atoms with Crippen LogP contribution in [-0.4, -0.2) is 18.5 Å². The number of allylic oxidation sites excluding steroid dienone is 1. The Bertz CT molecular complexity index is 232. The number of hydrogen-bond donors (Lipinski definition) is 0. The summed E-state index contributed by atoms with van der Waals surface area (Å²) in [6.45, 7) is 8.22. The fourth-order valence-corrected chi connectivity index (χ4v) is 5.54. The van der Waals surface area contributed by atoms with Crippen molar-refractivity contribution in [3.63, 3.8) is 0 Å². The van der Waals surface area contributed by atoms with E-state index in [2.05, 4.69) is 20.4 Å². The van der Waals surface area contributed by atoms with Gasteiger partial charge in [0.25, 0.3) is 0 Å². The molecule has 1 nitrogen and oxygen atoms in total. The zero-order chi connectivity index (χ0) is 14.4. The minimum Gasteiger partial charge on any atom is -0.324 e. The highest BCUT2D eigenvalue weighted by atomic mass is 31.2. The average Bonchev–Trinajstić information content (AvgIpc) is 2.41. The second-order valence-electron chi connectivity index (χ2n) is 5.78. The summed E-state index contributed by atoms with van der Waals surface area (Å²) < 4.78 is 13.0. The van der Waals surface area contributed by atoms with E-state index >= 15 is 0 Å².